The molecule has 8 heteroatoms. The van der Waals surface area contributed by atoms with E-state index in [1.165, 1.54) is 12.1 Å². The largest absolute Gasteiger partial charge is 0.573 e. The molecule has 1 aliphatic carbocycles. The van der Waals surface area contributed by atoms with Crippen LogP contribution in [0.25, 0.3) is 0 Å². The molecule has 5 nitrogen and oxygen atoms in total. The number of rotatable bonds is 6. The minimum atomic E-state index is -4.60. The Morgan fingerprint density at radius 2 is 1.90 bits per heavy atom. The number of unbranched alkanes of at least 4 members (excludes halogenated alkanes) is 1. The van der Waals surface area contributed by atoms with Crippen molar-refractivity contribution in [3.8, 4) is 5.75 Å². The van der Waals surface area contributed by atoms with Crippen molar-refractivity contribution in [2.45, 2.75) is 59.2 Å². The van der Waals surface area contributed by atoms with E-state index < -0.39 is 6.36 Å². The standard InChI is InChI=1S/C15H24N2O2.C8H7F3O/c1-4-6-11-17-14(16-3)12-7-9-13(10-8-12)15(18)19-5-2;1-6-2-4-7(5-3-6)12-8(9,10)11/h7,11,13H,4-6,8-10H2,1-3H3;2-5H,1H3. The third-order valence-electron chi connectivity index (χ3n) is 4.42. The zero-order valence-electron chi connectivity index (χ0n) is 18.5. The van der Waals surface area contributed by atoms with Gasteiger partial charge in [0.25, 0.3) is 0 Å². The first-order valence-electron chi connectivity index (χ1n) is 10.4. The van der Waals surface area contributed by atoms with Crippen LogP contribution in [0.5, 0.6) is 5.75 Å². The Morgan fingerprint density at radius 3 is 2.39 bits per heavy atom. The molecule has 1 aromatic rings. The summed E-state index contributed by atoms with van der Waals surface area (Å²) in [4.78, 5) is 20.3. The van der Waals surface area contributed by atoms with E-state index in [0.29, 0.717) is 6.61 Å². The van der Waals surface area contributed by atoms with Crippen LogP contribution in [0.3, 0.4) is 0 Å². The number of nitrogens with zero attached hydrogens (tertiary/aromatic N) is 2. The number of esters is 1. The van der Waals surface area contributed by atoms with Gasteiger partial charge in [-0.15, -0.1) is 13.2 Å². The molecule has 172 valence electrons. The highest BCUT2D eigenvalue weighted by Crippen LogP contribution is 2.26. The Bertz CT molecular complexity index is 769. The average molecular weight is 441 g/mol. The smallest absolute Gasteiger partial charge is 0.466 e. The number of ether oxygens (including phenoxy) is 2. The fraction of sp³-hybridized carbons (Fsp3) is 0.522. The molecule has 0 heterocycles. The summed E-state index contributed by atoms with van der Waals surface area (Å²) in [5.74, 6) is 0.535. The molecule has 1 aliphatic rings. The summed E-state index contributed by atoms with van der Waals surface area (Å²) in [6.07, 6.45) is 3.86. The van der Waals surface area contributed by atoms with Crippen molar-refractivity contribution in [3.05, 3.63) is 41.5 Å². The fourth-order valence-corrected chi connectivity index (χ4v) is 2.82. The highest BCUT2D eigenvalue weighted by atomic mass is 19.4. The first-order valence-corrected chi connectivity index (χ1v) is 10.4. The van der Waals surface area contributed by atoms with Crippen LogP contribution in [-0.4, -0.2) is 38.0 Å². The highest BCUT2D eigenvalue weighted by molar-refractivity contribution is 6.02. The summed E-state index contributed by atoms with van der Waals surface area (Å²) in [6, 6.07) is 5.67. The van der Waals surface area contributed by atoms with Crippen LogP contribution in [0, 0.1) is 12.8 Å². The van der Waals surface area contributed by atoms with E-state index in [2.05, 4.69) is 27.7 Å². The summed E-state index contributed by atoms with van der Waals surface area (Å²) in [5.41, 5.74) is 2.04. The molecule has 0 saturated carbocycles. The molecule has 31 heavy (non-hydrogen) atoms. The summed E-state index contributed by atoms with van der Waals surface area (Å²) in [6.45, 7) is 6.21. The van der Waals surface area contributed by atoms with Gasteiger partial charge in [0.2, 0.25) is 0 Å². The number of benzene rings is 1. The van der Waals surface area contributed by atoms with Gasteiger partial charge in [0.15, 0.2) is 0 Å². The van der Waals surface area contributed by atoms with E-state index in [-0.39, 0.29) is 17.6 Å². The third kappa shape index (κ3) is 10.8. The molecule has 0 radical (unpaired) electrons. The number of carbonyl (C=O) groups excluding carboxylic acids is 1. The van der Waals surface area contributed by atoms with E-state index in [9.17, 15) is 18.0 Å². The van der Waals surface area contributed by atoms with E-state index in [1.54, 1.807) is 26.1 Å². The number of alkyl halides is 3. The van der Waals surface area contributed by atoms with Crippen molar-refractivity contribution in [1.82, 2.24) is 0 Å². The lowest BCUT2D eigenvalue weighted by Gasteiger charge is -2.20. The maximum atomic E-state index is 11.6. The number of aliphatic imine (C=N–C) groups is 2. The van der Waals surface area contributed by atoms with Crippen molar-refractivity contribution in [3.63, 3.8) is 0 Å². The Hall–Kier alpha value is -2.64. The third-order valence-corrected chi connectivity index (χ3v) is 4.42. The lowest BCUT2D eigenvalue weighted by molar-refractivity contribution is -0.274. The van der Waals surface area contributed by atoms with Gasteiger partial charge in [-0.05, 0) is 57.2 Å². The zero-order valence-corrected chi connectivity index (χ0v) is 18.5. The number of aryl methyl sites for hydroxylation is 1. The zero-order chi connectivity index (χ0) is 23.3. The lowest BCUT2D eigenvalue weighted by Crippen LogP contribution is -2.21. The van der Waals surface area contributed by atoms with Crippen LogP contribution in [0.2, 0.25) is 0 Å². The monoisotopic (exact) mass is 440 g/mol. The first-order chi connectivity index (χ1) is 14.7. The maximum Gasteiger partial charge on any atom is 0.573 e. The second-order valence-electron chi connectivity index (χ2n) is 6.96. The second-order valence-corrected chi connectivity index (χ2v) is 6.96. The van der Waals surface area contributed by atoms with Crippen LogP contribution in [0.4, 0.5) is 13.2 Å². The molecule has 0 amide bonds. The molecule has 0 spiro atoms. The molecule has 1 aromatic carbocycles. The topological polar surface area (TPSA) is 60.2 Å². The predicted molar refractivity (Wildman–Crippen MR) is 117 cm³/mol. The molecular weight excluding hydrogens is 409 g/mol. The van der Waals surface area contributed by atoms with Crippen LogP contribution in [-0.2, 0) is 9.53 Å². The number of amidine groups is 1. The predicted octanol–water partition coefficient (Wildman–Crippen LogP) is 6.07. The van der Waals surface area contributed by atoms with E-state index in [0.717, 1.165) is 49.1 Å². The number of allylic oxidation sites excluding steroid dienone is 1. The van der Waals surface area contributed by atoms with Gasteiger partial charge in [0.05, 0.1) is 12.5 Å². The Balaban J connectivity index is 0.000000343. The van der Waals surface area contributed by atoms with Crippen LogP contribution >= 0.6 is 0 Å². The molecule has 0 bridgehead atoms. The lowest BCUT2D eigenvalue weighted by atomic mass is 9.89. The van der Waals surface area contributed by atoms with Crippen LogP contribution in [0.1, 0.15) is 51.5 Å². The highest BCUT2D eigenvalue weighted by Gasteiger charge is 2.30. The first kappa shape index (κ1) is 26.4. The fourth-order valence-electron chi connectivity index (χ4n) is 2.82. The van der Waals surface area contributed by atoms with Crippen molar-refractivity contribution < 1.29 is 27.4 Å². The van der Waals surface area contributed by atoms with Gasteiger partial charge < -0.3 is 9.47 Å². The molecular formula is C23H31F3N2O3. The second kappa shape index (κ2) is 13.6. The minimum absolute atomic E-state index is 0.00132. The van der Waals surface area contributed by atoms with Gasteiger partial charge in [-0.3, -0.25) is 9.79 Å². The van der Waals surface area contributed by atoms with Crippen LogP contribution in [0.15, 0.2) is 45.9 Å². The molecule has 2 rings (SSSR count). The van der Waals surface area contributed by atoms with Gasteiger partial charge in [0.1, 0.15) is 11.6 Å². The Morgan fingerprint density at radius 1 is 1.23 bits per heavy atom. The van der Waals surface area contributed by atoms with E-state index in [4.69, 9.17) is 4.74 Å². The summed E-state index contributed by atoms with van der Waals surface area (Å²) in [7, 11) is 1.76. The van der Waals surface area contributed by atoms with Gasteiger partial charge in [-0.2, -0.15) is 0 Å². The van der Waals surface area contributed by atoms with Crippen molar-refractivity contribution in [2.24, 2.45) is 15.9 Å². The van der Waals surface area contributed by atoms with Gasteiger partial charge in [-0.25, -0.2) is 4.99 Å². The summed E-state index contributed by atoms with van der Waals surface area (Å²) >= 11 is 0. The molecule has 1 atom stereocenters. The Labute approximate surface area is 182 Å². The van der Waals surface area contributed by atoms with Crippen LogP contribution < -0.4 is 4.74 Å². The molecule has 0 aromatic heterocycles. The molecule has 0 aliphatic heterocycles. The van der Waals surface area contributed by atoms with E-state index >= 15 is 0 Å². The summed E-state index contributed by atoms with van der Waals surface area (Å²) < 4.78 is 43.6. The number of hydrogen-bond acceptors (Lipinski definition) is 4. The van der Waals surface area contributed by atoms with E-state index in [1.807, 2.05) is 13.1 Å². The SMILES string of the molecule is CCCC=NC(=NC)C1=CCC(C(=O)OCC)CC1.Cc1ccc(OC(F)(F)F)cc1. The maximum absolute atomic E-state index is 11.6. The van der Waals surface area contributed by atoms with Gasteiger partial charge >= 0.3 is 12.3 Å². The quantitative estimate of drug-likeness (QED) is 0.306. The minimum Gasteiger partial charge on any atom is -0.466 e. The number of halogens is 3. The number of carbonyl (C=O) groups is 1. The number of hydrogen-bond donors (Lipinski definition) is 0. The molecule has 0 fully saturated rings. The Kier molecular flexibility index (Phi) is 11.6. The normalized spacial score (nSPS) is 16.9. The molecule has 0 saturated heterocycles. The van der Waals surface area contributed by atoms with Crippen molar-refractivity contribution in [1.29, 1.82) is 0 Å². The summed E-state index contributed by atoms with van der Waals surface area (Å²) in [5, 5.41) is 0. The van der Waals surface area contributed by atoms with Crippen molar-refractivity contribution in [2.75, 3.05) is 13.7 Å². The van der Waals surface area contributed by atoms with Gasteiger partial charge in [-0.1, -0.05) is 37.1 Å². The van der Waals surface area contributed by atoms with Gasteiger partial charge in [0, 0.05) is 13.3 Å². The van der Waals surface area contributed by atoms with Crippen molar-refractivity contribution >= 4 is 18.0 Å². The molecule has 1 unspecified atom stereocenters. The average Bonchev–Trinajstić information content (AvgIpc) is 2.73. The molecule has 0 N–H and O–H groups in total.